The van der Waals surface area contributed by atoms with Crippen molar-refractivity contribution in [1.29, 1.82) is 0 Å². The van der Waals surface area contributed by atoms with E-state index >= 15 is 0 Å². The fraction of sp³-hybridized carbons (Fsp3) is 0.158. The molecule has 25 heavy (non-hydrogen) atoms. The normalized spacial score (nSPS) is 12.0. The van der Waals surface area contributed by atoms with Gasteiger partial charge in [0.15, 0.2) is 6.10 Å². The highest BCUT2D eigenvalue weighted by Crippen LogP contribution is 2.18. The van der Waals surface area contributed by atoms with Crippen LogP contribution in [0.3, 0.4) is 0 Å². The van der Waals surface area contributed by atoms with Gasteiger partial charge in [-0.3, -0.25) is 4.79 Å². The van der Waals surface area contributed by atoms with E-state index in [1.54, 1.807) is 6.08 Å². The third-order valence-electron chi connectivity index (χ3n) is 3.46. The Kier molecular flexibility index (Phi) is 6.00. The number of halogens is 2. The lowest BCUT2D eigenvalue weighted by atomic mass is 10.1. The van der Waals surface area contributed by atoms with Crippen LogP contribution in [0.5, 0.6) is 0 Å². The van der Waals surface area contributed by atoms with Gasteiger partial charge >= 0.3 is 5.97 Å². The van der Waals surface area contributed by atoms with Crippen LogP contribution < -0.4 is 5.32 Å². The van der Waals surface area contributed by atoms with Crippen molar-refractivity contribution >= 4 is 23.6 Å². The van der Waals surface area contributed by atoms with Crippen molar-refractivity contribution in [1.82, 2.24) is 0 Å². The van der Waals surface area contributed by atoms with Gasteiger partial charge in [0.05, 0.1) is 0 Å². The second-order valence-electron chi connectivity index (χ2n) is 5.35. The molecule has 1 atom stereocenters. The number of ether oxygens (including phenoxy) is 1. The second-order valence-corrected chi connectivity index (χ2v) is 5.35. The number of para-hydroxylation sites is 1. The van der Waals surface area contributed by atoms with Crippen molar-refractivity contribution in [2.24, 2.45) is 0 Å². The van der Waals surface area contributed by atoms with Crippen molar-refractivity contribution in [3.63, 3.8) is 0 Å². The Bertz CT molecular complexity index is 798. The minimum absolute atomic E-state index is 0.578. The summed E-state index contributed by atoms with van der Waals surface area (Å²) < 4.78 is 32.0. The summed E-state index contributed by atoms with van der Waals surface area (Å²) in [6, 6.07) is 10.6. The molecule has 6 heteroatoms. The lowest BCUT2D eigenvalue weighted by Gasteiger charge is -2.13. The molecule has 0 saturated carbocycles. The summed E-state index contributed by atoms with van der Waals surface area (Å²) in [6.45, 7) is 3.21. The monoisotopic (exact) mass is 345 g/mol. The SMILES string of the molecule is Cc1ccccc1/C=C/C(=O)O[C@@H](C)C(=O)Nc1c(F)cccc1F. The van der Waals surface area contributed by atoms with Crippen molar-refractivity contribution in [3.8, 4) is 0 Å². The summed E-state index contributed by atoms with van der Waals surface area (Å²) in [5.41, 5.74) is 1.24. The number of carbonyl (C=O) groups is 2. The molecule has 2 rings (SSSR count). The van der Waals surface area contributed by atoms with Crippen LogP contribution in [0.2, 0.25) is 0 Å². The Balaban J connectivity index is 1.97. The predicted molar refractivity (Wildman–Crippen MR) is 90.8 cm³/mol. The van der Waals surface area contributed by atoms with Crippen LogP contribution >= 0.6 is 0 Å². The van der Waals surface area contributed by atoms with Crippen LogP contribution in [-0.2, 0) is 14.3 Å². The van der Waals surface area contributed by atoms with E-state index in [1.807, 2.05) is 31.2 Å². The zero-order chi connectivity index (χ0) is 18.4. The number of benzene rings is 2. The van der Waals surface area contributed by atoms with Crippen LogP contribution in [0.15, 0.2) is 48.5 Å². The van der Waals surface area contributed by atoms with E-state index in [1.165, 1.54) is 19.1 Å². The van der Waals surface area contributed by atoms with Gasteiger partial charge in [0.2, 0.25) is 0 Å². The minimum atomic E-state index is -1.21. The lowest BCUT2D eigenvalue weighted by Crippen LogP contribution is -2.30. The molecule has 0 aliphatic heterocycles. The van der Waals surface area contributed by atoms with Crippen LogP contribution in [0.25, 0.3) is 6.08 Å². The van der Waals surface area contributed by atoms with Gasteiger partial charge in [0.1, 0.15) is 17.3 Å². The number of hydrogen-bond donors (Lipinski definition) is 1. The fourth-order valence-electron chi connectivity index (χ4n) is 2.04. The van der Waals surface area contributed by atoms with E-state index in [-0.39, 0.29) is 0 Å². The van der Waals surface area contributed by atoms with Crippen LogP contribution in [-0.4, -0.2) is 18.0 Å². The van der Waals surface area contributed by atoms with Crippen molar-refractivity contribution in [3.05, 3.63) is 71.3 Å². The van der Waals surface area contributed by atoms with E-state index in [0.717, 1.165) is 23.3 Å². The number of aryl methyl sites for hydroxylation is 1. The van der Waals surface area contributed by atoms with Crippen molar-refractivity contribution in [2.45, 2.75) is 20.0 Å². The highest BCUT2D eigenvalue weighted by atomic mass is 19.1. The Hall–Kier alpha value is -3.02. The van der Waals surface area contributed by atoms with Gasteiger partial charge in [0.25, 0.3) is 5.91 Å². The molecule has 0 aromatic heterocycles. The van der Waals surface area contributed by atoms with E-state index in [2.05, 4.69) is 5.32 Å². The molecule has 2 aromatic carbocycles. The van der Waals surface area contributed by atoms with Crippen LogP contribution in [0.1, 0.15) is 18.1 Å². The molecular weight excluding hydrogens is 328 g/mol. The average Bonchev–Trinajstić information content (AvgIpc) is 2.57. The first-order valence-electron chi connectivity index (χ1n) is 7.57. The zero-order valence-corrected chi connectivity index (χ0v) is 13.8. The molecule has 0 aliphatic rings. The maximum absolute atomic E-state index is 13.5. The number of rotatable bonds is 5. The molecule has 0 spiro atoms. The second kappa shape index (κ2) is 8.19. The average molecular weight is 345 g/mol. The molecule has 130 valence electrons. The third-order valence-corrected chi connectivity index (χ3v) is 3.46. The smallest absolute Gasteiger partial charge is 0.331 e. The molecule has 1 amide bonds. The van der Waals surface area contributed by atoms with Crippen molar-refractivity contribution < 1.29 is 23.1 Å². The number of anilines is 1. The number of hydrogen-bond acceptors (Lipinski definition) is 3. The maximum Gasteiger partial charge on any atom is 0.331 e. The highest BCUT2D eigenvalue weighted by Gasteiger charge is 2.19. The Morgan fingerprint density at radius 1 is 1.08 bits per heavy atom. The van der Waals surface area contributed by atoms with E-state index in [0.29, 0.717) is 0 Å². The van der Waals surface area contributed by atoms with Gasteiger partial charge in [-0.05, 0) is 43.2 Å². The third kappa shape index (κ3) is 4.97. The van der Waals surface area contributed by atoms with E-state index in [4.69, 9.17) is 4.74 Å². The molecule has 2 aromatic rings. The summed E-state index contributed by atoms with van der Waals surface area (Å²) >= 11 is 0. The Labute approximate surface area is 144 Å². The Morgan fingerprint density at radius 3 is 2.36 bits per heavy atom. The van der Waals surface area contributed by atoms with Gasteiger partial charge < -0.3 is 10.1 Å². The van der Waals surface area contributed by atoms with E-state index < -0.39 is 35.3 Å². The van der Waals surface area contributed by atoms with Gasteiger partial charge in [0, 0.05) is 6.08 Å². The molecule has 0 saturated heterocycles. The zero-order valence-electron chi connectivity index (χ0n) is 13.8. The molecular formula is C19H17F2NO3. The quantitative estimate of drug-likeness (QED) is 0.661. The Morgan fingerprint density at radius 2 is 1.72 bits per heavy atom. The molecule has 0 bridgehead atoms. The highest BCUT2D eigenvalue weighted by molar-refractivity contribution is 5.96. The molecule has 4 nitrogen and oxygen atoms in total. The number of esters is 1. The maximum atomic E-state index is 13.5. The van der Waals surface area contributed by atoms with Crippen LogP contribution in [0.4, 0.5) is 14.5 Å². The van der Waals surface area contributed by atoms with E-state index in [9.17, 15) is 18.4 Å². The molecule has 0 heterocycles. The summed E-state index contributed by atoms with van der Waals surface area (Å²) in [5.74, 6) is -3.39. The van der Waals surface area contributed by atoms with Gasteiger partial charge in [-0.1, -0.05) is 30.3 Å². The molecule has 0 aliphatic carbocycles. The van der Waals surface area contributed by atoms with Crippen molar-refractivity contribution in [2.75, 3.05) is 5.32 Å². The largest absolute Gasteiger partial charge is 0.449 e. The van der Waals surface area contributed by atoms with Gasteiger partial charge in [-0.2, -0.15) is 0 Å². The summed E-state index contributed by atoms with van der Waals surface area (Å²) in [7, 11) is 0. The topological polar surface area (TPSA) is 55.4 Å². The molecule has 1 N–H and O–H groups in total. The first-order chi connectivity index (χ1) is 11.9. The number of amides is 1. The molecule has 0 fully saturated rings. The first kappa shape index (κ1) is 18.3. The summed E-state index contributed by atoms with van der Waals surface area (Å²) in [5, 5.41) is 2.08. The summed E-state index contributed by atoms with van der Waals surface area (Å²) in [4.78, 5) is 23.7. The number of nitrogens with one attached hydrogen (secondary N) is 1. The van der Waals surface area contributed by atoms with Gasteiger partial charge in [-0.15, -0.1) is 0 Å². The first-order valence-corrected chi connectivity index (χ1v) is 7.57. The molecule has 0 radical (unpaired) electrons. The van der Waals surface area contributed by atoms with Crippen LogP contribution in [0, 0.1) is 18.6 Å². The number of carbonyl (C=O) groups excluding carboxylic acids is 2. The predicted octanol–water partition coefficient (Wildman–Crippen LogP) is 3.86. The summed E-state index contributed by atoms with van der Waals surface area (Å²) in [6.07, 6.45) is 1.54. The van der Waals surface area contributed by atoms with Gasteiger partial charge in [-0.25, -0.2) is 13.6 Å². The standard InChI is InChI=1S/C19H17F2NO3/c1-12-6-3-4-7-14(12)10-11-17(23)25-13(2)19(24)22-18-15(20)8-5-9-16(18)21/h3-11,13H,1-2H3,(H,22,24)/b11-10+/t13-/m0/s1. The minimum Gasteiger partial charge on any atom is -0.449 e. The molecule has 0 unspecified atom stereocenters. The fourth-order valence-corrected chi connectivity index (χ4v) is 2.04. The lowest BCUT2D eigenvalue weighted by molar-refractivity contribution is -0.148.